The van der Waals surface area contributed by atoms with Crippen LogP contribution < -0.4 is 15.4 Å². The van der Waals surface area contributed by atoms with Gasteiger partial charge in [-0.2, -0.15) is 4.98 Å². The number of carbonyl (C=O) groups excluding carboxylic acids is 1. The molecule has 45 heavy (non-hydrogen) atoms. The quantitative estimate of drug-likeness (QED) is 0.162. The van der Waals surface area contributed by atoms with Crippen LogP contribution in [0.3, 0.4) is 0 Å². The fourth-order valence-corrected chi connectivity index (χ4v) is 6.22. The normalized spacial score (nSPS) is 14.1. The number of carbonyl (C=O) groups is 1. The summed E-state index contributed by atoms with van der Waals surface area (Å²) >= 11 is 1.34. The van der Waals surface area contributed by atoms with Crippen LogP contribution in [0.15, 0.2) is 107 Å². The summed E-state index contributed by atoms with van der Waals surface area (Å²) in [6.07, 6.45) is 0. The number of anilines is 2. The van der Waals surface area contributed by atoms with Crippen LogP contribution in [0.5, 0.6) is 5.75 Å². The average Bonchev–Trinajstić information content (AvgIpc) is 3.43. The van der Waals surface area contributed by atoms with Crippen LogP contribution in [0.2, 0.25) is 0 Å². The molecule has 1 amide bonds. The Hall–Kier alpha value is -4.89. The van der Waals surface area contributed by atoms with Gasteiger partial charge in [-0.3, -0.25) is 4.79 Å². The molecule has 2 heterocycles. The summed E-state index contributed by atoms with van der Waals surface area (Å²) in [5, 5.41) is 11.7. The number of thioether (sulfide) groups is 1. The third kappa shape index (κ3) is 6.63. The molecule has 0 bridgehead atoms. The number of aryl methyl sites for hydroxylation is 3. The van der Waals surface area contributed by atoms with Gasteiger partial charge in [0.2, 0.25) is 11.1 Å². The molecule has 4 aromatic carbocycles. The smallest absolute Gasteiger partial charge is 0.255 e. The first-order valence-corrected chi connectivity index (χ1v) is 15.7. The number of aromatic nitrogens is 3. The van der Waals surface area contributed by atoms with Crippen molar-refractivity contribution in [3.05, 3.63) is 141 Å². The number of hydrogen-bond acceptors (Lipinski definition) is 6. The minimum Gasteiger partial charge on any atom is -0.489 e. The lowest BCUT2D eigenvalue weighted by molar-refractivity contribution is -0.113. The summed E-state index contributed by atoms with van der Waals surface area (Å²) < 4.78 is 22.3. The van der Waals surface area contributed by atoms with Crippen LogP contribution in [0.4, 0.5) is 16.0 Å². The van der Waals surface area contributed by atoms with E-state index in [-0.39, 0.29) is 11.7 Å². The molecule has 0 saturated carbocycles. The largest absolute Gasteiger partial charge is 0.489 e. The first kappa shape index (κ1) is 30.1. The van der Waals surface area contributed by atoms with Crippen LogP contribution in [-0.2, 0) is 17.2 Å². The molecule has 0 radical (unpaired) electrons. The Bertz CT molecular complexity index is 1920. The van der Waals surface area contributed by atoms with Crippen molar-refractivity contribution in [1.82, 2.24) is 14.8 Å². The number of ether oxygens (including phenoxy) is 1. The number of nitrogens with one attached hydrogen (secondary N) is 2. The van der Waals surface area contributed by atoms with Crippen molar-refractivity contribution < 1.29 is 13.9 Å². The predicted octanol–water partition coefficient (Wildman–Crippen LogP) is 8.14. The highest BCUT2D eigenvalue weighted by molar-refractivity contribution is 7.98. The second kappa shape index (κ2) is 13.0. The molecule has 6 rings (SSSR count). The molecule has 0 saturated heterocycles. The molecule has 7 nitrogen and oxygen atoms in total. The van der Waals surface area contributed by atoms with E-state index in [2.05, 4.69) is 29.7 Å². The van der Waals surface area contributed by atoms with Gasteiger partial charge in [-0.25, -0.2) is 9.07 Å². The van der Waals surface area contributed by atoms with Crippen LogP contribution in [0.25, 0.3) is 0 Å². The van der Waals surface area contributed by atoms with E-state index in [0.29, 0.717) is 46.0 Å². The maximum absolute atomic E-state index is 14.3. The van der Waals surface area contributed by atoms with Gasteiger partial charge in [0, 0.05) is 17.1 Å². The van der Waals surface area contributed by atoms with Gasteiger partial charge in [-0.05, 0) is 79.8 Å². The van der Waals surface area contributed by atoms with E-state index in [4.69, 9.17) is 14.8 Å². The van der Waals surface area contributed by atoms with Gasteiger partial charge >= 0.3 is 0 Å². The van der Waals surface area contributed by atoms with Crippen molar-refractivity contribution in [1.29, 1.82) is 0 Å². The standard InChI is InChI=1S/C36H34FN5O2S/c1-22-16-17-31(24(3)18-22)39-34(43)32-25(4)38-35-40-36(45-21-28-12-7-8-15-30(28)37)41-42(35)33(32)26-13-9-14-29(19-26)44-20-27-11-6-5-10-23(27)2/h5-19,33H,20-21H2,1-4H3,(H,39,43)(H,38,40,41). The fraction of sp³-hybridized carbons (Fsp3) is 0.194. The van der Waals surface area contributed by atoms with E-state index < -0.39 is 6.04 Å². The van der Waals surface area contributed by atoms with E-state index in [1.165, 1.54) is 17.8 Å². The lowest BCUT2D eigenvalue weighted by Crippen LogP contribution is -2.31. The summed E-state index contributed by atoms with van der Waals surface area (Å²) in [6, 6.07) is 27.9. The van der Waals surface area contributed by atoms with Crippen LogP contribution in [0, 0.1) is 26.6 Å². The highest BCUT2D eigenvalue weighted by Crippen LogP contribution is 2.38. The van der Waals surface area contributed by atoms with E-state index in [1.807, 2.05) is 81.4 Å². The molecule has 0 aliphatic carbocycles. The Morgan fingerprint density at radius 2 is 1.71 bits per heavy atom. The number of amides is 1. The van der Waals surface area contributed by atoms with Gasteiger partial charge in [0.15, 0.2) is 0 Å². The van der Waals surface area contributed by atoms with Gasteiger partial charge in [0.05, 0.1) is 5.57 Å². The summed E-state index contributed by atoms with van der Waals surface area (Å²) in [4.78, 5) is 18.8. The van der Waals surface area contributed by atoms with Crippen LogP contribution >= 0.6 is 11.8 Å². The first-order chi connectivity index (χ1) is 21.8. The first-order valence-electron chi connectivity index (χ1n) is 14.7. The van der Waals surface area contributed by atoms with Crippen molar-refractivity contribution >= 4 is 29.3 Å². The molecule has 228 valence electrons. The molecule has 2 N–H and O–H groups in total. The number of benzene rings is 4. The minimum absolute atomic E-state index is 0.245. The molecule has 1 aromatic heterocycles. The van der Waals surface area contributed by atoms with Crippen LogP contribution in [0.1, 0.15) is 46.3 Å². The van der Waals surface area contributed by atoms with Gasteiger partial charge < -0.3 is 15.4 Å². The summed E-state index contributed by atoms with van der Waals surface area (Å²) in [5.41, 5.74) is 7.66. The Morgan fingerprint density at radius 1 is 0.933 bits per heavy atom. The third-order valence-corrected chi connectivity index (χ3v) is 8.74. The fourth-order valence-electron chi connectivity index (χ4n) is 5.40. The summed E-state index contributed by atoms with van der Waals surface area (Å²) in [7, 11) is 0. The zero-order valence-corrected chi connectivity index (χ0v) is 26.4. The molecular formula is C36H34FN5O2S. The molecule has 9 heteroatoms. The lowest BCUT2D eigenvalue weighted by Gasteiger charge is -2.29. The van der Waals surface area contributed by atoms with Crippen molar-refractivity contribution in [3.63, 3.8) is 0 Å². The molecule has 5 aromatic rings. The third-order valence-electron chi connectivity index (χ3n) is 7.85. The average molecular weight is 620 g/mol. The zero-order valence-electron chi connectivity index (χ0n) is 25.6. The molecule has 0 fully saturated rings. The van der Waals surface area contributed by atoms with Gasteiger partial charge in [0.1, 0.15) is 24.2 Å². The van der Waals surface area contributed by atoms with Gasteiger partial charge in [0.25, 0.3) is 5.91 Å². The van der Waals surface area contributed by atoms with Gasteiger partial charge in [-0.15, -0.1) is 5.10 Å². The molecule has 1 aliphatic heterocycles. The Kier molecular flexibility index (Phi) is 8.71. The number of nitrogens with zero attached hydrogens (tertiary/aromatic N) is 3. The number of halogens is 1. The summed E-state index contributed by atoms with van der Waals surface area (Å²) in [6.45, 7) is 8.35. The maximum atomic E-state index is 14.3. The summed E-state index contributed by atoms with van der Waals surface area (Å²) in [5.74, 6) is 1.04. The maximum Gasteiger partial charge on any atom is 0.255 e. The number of rotatable bonds is 9. The van der Waals surface area contributed by atoms with E-state index in [0.717, 1.165) is 33.5 Å². The highest BCUT2D eigenvalue weighted by atomic mass is 32.2. The predicted molar refractivity (Wildman–Crippen MR) is 177 cm³/mol. The van der Waals surface area contributed by atoms with Crippen molar-refractivity contribution in [2.24, 2.45) is 0 Å². The SMILES string of the molecule is CC1=C(C(=O)Nc2ccc(C)cc2C)C(c2cccc(OCc3ccccc3C)c2)n2nc(SCc3ccccc3F)nc2N1. The van der Waals surface area contributed by atoms with Crippen molar-refractivity contribution in [2.75, 3.05) is 10.6 Å². The molecule has 1 aliphatic rings. The monoisotopic (exact) mass is 619 g/mol. The Morgan fingerprint density at radius 3 is 2.49 bits per heavy atom. The van der Waals surface area contributed by atoms with E-state index in [1.54, 1.807) is 16.8 Å². The Labute approximate surface area is 266 Å². The minimum atomic E-state index is -0.593. The van der Waals surface area contributed by atoms with Gasteiger partial charge in [-0.1, -0.05) is 84.1 Å². The van der Waals surface area contributed by atoms with E-state index in [9.17, 15) is 9.18 Å². The highest BCUT2D eigenvalue weighted by Gasteiger charge is 2.35. The number of fused-ring (bicyclic) bond motifs is 1. The van der Waals surface area contributed by atoms with Crippen molar-refractivity contribution in [2.45, 2.75) is 51.3 Å². The second-order valence-electron chi connectivity index (χ2n) is 11.2. The number of hydrogen-bond donors (Lipinski definition) is 2. The number of allylic oxidation sites excluding steroid dienone is 1. The molecule has 1 unspecified atom stereocenters. The zero-order chi connectivity index (χ0) is 31.5. The molecule has 1 atom stereocenters. The van der Waals surface area contributed by atoms with Crippen molar-refractivity contribution in [3.8, 4) is 5.75 Å². The van der Waals surface area contributed by atoms with Crippen LogP contribution in [-0.4, -0.2) is 20.7 Å². The van der Waals surface area contributed by atoms with E-state index >= 15 is 0 Å². The molecule has 0 spiro atoms. The lowest BCUT2D eigenvalue weighted by atomic mass is 9.94. The Balaban J connectivity index is 1.34. The molecular weight excluding hydrogens is 585 g/mol. The topological polar surface area (TPSA) is 81.1 Å². The second-order valence-corrected chi connectivity index (χ2v) is 12.1.